The summed E-state index contributed by atoms with van der Waals surface area (Å²) < 4.78 is 26.6. The van der Waals surface area contributed by atoms with Crippen molar-refractivity contribution < 1.29 is 13.6 Å². The minimum absolute atomic E-state index is 0.150. The second kappa shape index (κ2) is 4.68. The molecule has 0 bridgehead atoms. The molecule has 0 N–H and O–H groups in total. The summed E-state index contributed by atoms with van der Waals surface area (Å²) in [4.78, 5) is 13.2. The van der Waals surface area contributed by atoms with Crippen molar-refractivity contribution >= 4 is 5.91 Å². The molecular weight excluding hydrogens is 212 g/mol. The van der Waals surface area contributed by atoms with Crippen LogP contribution in [0.3, 0.4) is 0 Å². The van der Waals surface area contributed by atoms with Gasteiger partial charge in [-0.05, 0) is 12.3 Å². The van der Waals surface area contributed by atoms with Crippen LogP contribution in [0.2, 0.25) is 0 Å². The number of hydrogen-bond acceptors (Lipinski definition) is 1. The molecule has 4 heteroatoms. The van der Waals surface area contributed by atoms with Crippen LogP contribution in [0.5, 0.6) is 0 Å². The third kappa shape index (κ3) is 3.16. The Labute approximate surface area is 96.0 Å². The molecule has 1 aliphatic heterocycles. The Morgan fingerprint density at radius 3 is 2.38 bits per heavy atom. The van der Waals surface area contributed by atoms with Gasteiger partial charge in [-0.25, -0.2) is 8.78 Å². The maximum absolute atomic E-state index is 13.3. The molecular formula is C12H21F2NO. The van der Waals surface area contributed by atoms with Crippen molar-refractivity contribution in [3.8, 4) is 0 Å². The van der Waals surface area contributed by atoms with Crippen LogP contribution in [-0.4, -0.2) is 29.3 Å². The zero-order valence-electron chi connectivity index (χ0n) is 10.5. The summed E-state index contributed by atoms with van der Waals surface area (Å²) >= 11 is 0. The number of likely N-dealkylation sites (tertiary alicyclic amines) is 1. The molecule has 1 saturated heterocycles. The quantitative estimate of drug-likeness (QED) is 0.734. The number of rotatable bonds is 3. The topological polar surface area (TPSA) is 20.3 Å². The van der Waals surface area contributed by atoms with Crippen molar-refractivity contribution in [1.29, 1.82) is 0 Å². The molecule has 94 valence electrons. The molecule has 2 nitrogen and oxygen atoms in total. The average molecular weight is 233 g/mol. The summed E-state index contributed by atoms with van der Waals surface area (Å²) in [6.07, 6.45) is 0.484. The predicted molar refractivity (Wildman–Crippen MR) is 59.4 cm³/mol. The van der Waals surface area contributed by atoms with Crippen molar-refractivity contribution in [3.05, 3.63) is 0 Å². The number of alkyl halides is 2. The third-order valence-electron chi connectivity index (χ3n) is 2.90. The van der Waals surface area contributed by atoms with E-state index in [2.05, 4.69) is 0 Å². The Kier molecular flexibility index (Phi) is 3.92. The largest absolute Gasteiger partial charge is 0.333 e. The summed E-state index contributed by atoms with van der Waals surface area (Å²) in [5.41, 5.74) is 0. The van der Waals surface area contributed by atoms with Crippen molar-refractivity contribution in [3.63, 3.8) is 0 Å². The Hall–Kier alpha value is -0.670. The van der Waals surface area contributed by atoms with Crippen LogP contribution in [-0.2, 0) is 4.79 Å². The van der Waals surface area contributed by atoms with Gasteiger partial charge in [0.15, 0.2) is 0 Å². The summed E-state index contributed by atoms with van der Waals surface area (Å²) in [5.74, 6) is -2.72. The van der Waals surface area contributed by atoms with Crippen LogP contribution in [0.15, 0.2) is 0 Å². The van der Waals surface area contributed by atoms with E-state index in [1.54, 1.807) is 13.8 Å². The zero-order valence-corrected chi connectivity index (χ0v) is 10.5. The highest BCUT2D eigenvalue weighted by Gasteiger charge is 2.47. The van der Waals surface area contributed by atoms with Gasteiger partial charge >= 0.3 is 0 Å². The van der Waals surface area contributed by atoms with Crippen molar-refractivity contribution in [2.75, 3.05) is 6.54 Å². The number of amides is 1. The first-order valence-corrected chi connectivity index (χ1v) is 5.91. The molecule has 0 aromatic heterocycles. The van der Waals surface area contributed by atoms with Gasteiger partial charge in [0, 0.05) is 18.4 Å². The van der Waals surface area contributed by atoms with Crippen molar-refractivity contribution in [2.24, 2.45) is 11.8 Å². The summed E-state index contributed by atoms with van der Waals surface area (Å²) in [7, 11) is 0. The zero-order chi connectivity index (χ0) is 12.5. The molecule has 1 amide bonds. The fourth-order valence-electron chi connectivity index (χ4n) is 2.24. The van der Waals surface area contributed by atoms with Crippen LogP contribution >= 0.6 is 0 Å². The minimum Gasteiger partial charge on any atom is -0.333 e. The molecule has 0 unspecified atom stereocenters. The molecule has 1 atom stereocenters. The summed E-state index contributed by atoms with van der Waals surface area (Å²) in [6, 6.07) is -0.287. The Bertz CT molecular complexity index is 264. The Morgan fingerprint density at radius 1 is 1.38 bits per heavy atom. The molecule has 0 radical (unpaired) electrons. The standard InChI is InChI=1S/C12H21F2NO/c1-8(2)5-10-6-12(13,14)7-15(10)11(16)9(3)4/h8-10H,5-7H2,1-4H3/t10-/m0/s1. The van der Waals surface area contributed by atoms with Gasteiger partial charge in [-0.2, -0.15) is 0 Å². The van der Waals surface area contributed by atoms with Gasteiger partial charge in [-0.15, -0.1) is 0 Å². The van der Waals surface area contributed by atoms with E-state index in [9.17, 15) is 13.6 Å². The lowest BCUT2D eigenvalue weighted by Crippen LogP contribution is -2.39. The first-order chi connectivity index (χ1) is 7.23. The molecule has 1 rings (SSSR count). The van der Waals surface area contributed by atoms with E-state index in [4.69, 9.17) is 0 Å². The minimum atomic E-state index is -2.70. The number of carbonyl (C=O) groups is 1. The van der Waals surface area contributed by atoms with Crippen molar-refractivity contribution in [1.82, 2.24) is 4.90 Å². The molecule has 1 fully saturated rings. The molecule has 16 heavy (non-hydrogen) atoms. The van der Waals surface area contributed by atoms with Gasteiger partial charge in [-0.1, -0.05) is 27.7 Å². The van der Waals surface area contributed by atoms with E-state index >= 15 is 0 Å². The van der Waals surface area contributed by atoms with E-state index < -0.39 is 12.5 Å². The van der Waals surface area contributed by atoms with Gasteiger partial charge < -0.3 is 4.90 Å². The average Bonchev–Trinajstić information content (AvgIpc) is 2.38. The number of carbonyl (C=O) groups excluding carboxylic acids is 1. The van der Waals surface area contributed by atoms with E-state index in [1.807, 2.05) is 13.8 Å². The number of hydrogen-bond donors (Lipinski definition) is 0. The highest BCUT2D eigenvalue weighted by Crippen LogP contribution is 2.35. The van der Waals surface area contributed by atoms with Crippen LogP contribution in [0.25, 0.3) is 0 Å². The van der Waals surface area contributed by atoms with Gasteiger partial charge in [0.05, 0.1) is 6.54 Å². The molecule has 0 saturated carbocycles. The number of halogens is 2. The SMILES string of the molecule is CC(C)C[C@H]1CC(F)(F)CN1C(=O)C(C)C. The van der Waals surface area contributed by atoms with Crippen molar-refractivity contribution in [2.45, 2.75) is 52.5 Å². The van der Waals surface area contributed by atoms with Crippen LogP contribution in [0, 0.1) is 11.8 Å². The maximum atomic E-state index is 13.3. The van der Waals surface area contributed by atoms with Gasteiger partial charge in [-0.3, -0.25) is 4.79 Å². The monoisotopic (exact) mass is 233 g/mol. The smallest absolute Gasteiger partial charge is 0.267 e. The molecule has 0 aromatic carbocycles. The number of nitrogens with zero attached hydrogens (tertiary/aromatic N) is 1. The lowest BCUT2D eigenvalue weighted by atomic mass is 10.0. The predicted octanol–water partition coefficient (Wildman–Crippen LogP) is 2.92. The third-order valence-corrected chi connectivity index (χ3v) is 2.90. The molecule has 1 aliphatic rings. The molecule has 0 aromatic rings. The Balaban J connectivity index is 2.76. The van der Waals surface area contributed by atoms with Crippen LogP contribution < -0.4 is 0 Å². The van der Waals surface area contributed by atoms with Crippen LogP contribution in [0.4, 0.5) is 8.78 Å². The fraction of sp³-hybridized carbons (Fsp3) is 0.917. The van der Waals surface area contributed by atoms with E-state index in [-0.39, 0.29) is 24.3 Å². The van der Waals surface area contributed by atoms with E-state index in [0.717, 1.165) is 0 Å². The second-order valence-corrected chi connectivity index (χ2v) is 5.46. The van der Waals surface area contributed by atoms with E-state index in [0.29, 0.717) is 12.3 Å². The maximum Gasteiger partial charge on any atom is 0.267 e. The Morgan fingerprint density at radius 2 is 1.94 bits per heavy atom. The van der Waals surface area contributed by atoms with Gasteiger partial charge in [0.1, 0.15) is 0 Å². The van der Waals surface area contributed by atoms with E-state index in [1.165, 1.54) is 4.90 Å². The fourth-order valence-corrected chi connectivity index (χ4v) is 2.24. The normalized spacial score (nSPS) is 24.5. The molecule has 0 spiro atoms. The highest BCUT2D eigenvalue weighted by atomic mass is 19.3. The molecule has 0 aliphatic carbocycles. The van der Waals surface area contributed by atoms with Gasteiger partial charge in [0.25, 0.3) is 5.92 Å². The second-order valence-electron chi connectivity index (χ2n) is 5.46. The first kappa shape index (κ1) is 13.4. The van der Waals surface area contributed by atoms with Crippen LogP contribution in [0.1, 0.15) is 40.5 Å². The summed E-state index contributed by atoms with van der Waals surface area (Å²) in [6.45, 7) is 7.10. The summed E-state index contributed by atoms with van der Waals surface area (Å²) in [5, 5.41) is 0. The lowest BCUT2D eigenvalue weighted by molar-refractivity contribution is -0.136. The van der Waals surface area contributed by atoms with Gasteiger partial charge in [0.2, 0.25) is 5.91 Å². The highest BCUT2D eigenvalue weighted by molar-refractivity contribution is 5.78. The first-order valence-electron chi connectivity index (χ1n) is 5.91. The lowest BCUT2D eigenvalue weighted by Gasteiger charge is -2.26. The molecule has 1 heterocycles.